The summed E-state index contributed by atoms with van der Waals surface area (Å²) in [6.07, 6.45) is 11.8. The summed E-state index contributed by atoms with van der Waals surface area (Å²) in [5, 5.41) is 3.34. The van der Waals surface area contributed by atoms with Gasteiger partial charge in [-0.15, -0.1) is 0 Å². The molecule has 2 saturated carbocycles. The van der Waals surface area contributed by atoms with Crippen LogP contribution in [0, 0.1) is 5.92 Å². The Morgan fingerprint density at radius 3 is 2.43 bits per heavy atom. The summed E-state index contributed by atoms with van der Waals surface area (Å²) in [5.41, 5.74) is 7.53. The summed E-state index contributed by atoms with van der Waals surface area (Å²) in [6, 6.07) is 11.7. The van der Waals surface area contributed by atoms with Crippen molar-refractivity contribution in [2.45, 2.75) is 81.7 Å². The lowest BCUT2D eigenvalue weighted by Gasteiger charge is -2.38. The number of nitrogens with one attached hydrogen (secondary N) is 1. The van der Waals surface area contributed by atoms with Gasteiger partial charge < -0.3 is 11.1 Å². The molecule has 0 aromatic heterocycles. The van der Waals surface area contributed by atoms with Crippen molar-refractivity contribution in [3.8, 4) is 0 Å². The van der Waals surface area contributed by atoms with Crippen LogP contribution in [0.2, 0.25) is 0 Å². The maximum atomic E-state index is 12.9. The first-order valence-corrected chi connectivity index (χ1v) is 11.5. The van der Waals surface area contributed by atoms with Gasteiger partial charge in [-0.3, -0.25) is 9.69 Å². The number of nitrogens with zero attached hydrogens (tertiary/aromatic N) is 1. The fraction of sp³-hybridized carbons (Fsp3) is 0.708. The molecule has 1 aromatic carbocycles. The van der Waals surface area contributed by atoms with Gasteiger partial charge in [-0.25, -0.2) is 0 Å². The third-order valence-corrected chi connectivity index (χ3v) is 7.45. The molecule has 4 rings (SSSR count). The highest BCUT2D eigenvalue weighted by molar-refractivity contribution is 5.76. The van der Waals surface area contributed by atoms with Crippen LogP contribution in [-0.2, 0) is 10.2 Å². The minimum Gasteiger partial charge on any atom is -0.355 e. The van der Waals surface area contributed by atoms with Crippen LogP contribution in [0.15, 0.2) is 30.3 Å². The van der Waals surface area contributed by atoms with Crippen LogP contribution < -0.4 is 11.1 Å². The van der Waals surface area contributed by atoms with Gasteiger partial charge in [0, 0.05) is 43.6 Å². The molecule has 1 heterocycles. The molecule has 4 heteroatoms. The first-order valence-electron chi connectivity index (χ1n) is 11.5. The van der Waals surface area contributed by atoms with Crippen molar-refractivity contribution in [2.75, 3.05) is 19.6 Å². The maximum Gasteiger partial charge on any atom is 0.221 e. The fourth-order valence-corrected chi connectivity index (χ4v) is 5.53. The Bertz CT molecular complexity index is 637. The lowest BCUT2D eigenvalue weighted by molar-refractivity contribution is -0.122. The number of carbonyl (C=O) groups is 1. The van der Waals surface area contributed by atoms with Gasteiger partial charge in [-0.05, 0) is 50.0 Å². The van der Waals surface area contributed by atoms with Crippen LogP contribution in [0.3, 0.4) is 0 Å². The van der Waals surface area contributed by atoms with Crippen molar-refractivity contribution >= 4 is 5.91 Å². The van der Waals surface area contributed by atoms with E-state index in [0.717, 1.165) is 38.4 Å². The van der Waals surface area contributed by atoms with Crippen LogP contribution in [0.25, 0.3) is 0 Å². The highest BCUT2D eigenvalue weighted by Gasteiger charge is 2.38. The van der Waals surface area contributed by atoms with Crippen LogP contribution in [-0.4, -0.2) is 42.5 Å². The number of likely N-dealkylation sites (tertiary alicyclic amines) is 1. The lowest BCUT2D eigenvalue weighted by atomic mass is 9.69. The highest BCUT2D eigenvalue weighted by Crippen LogP contribution is 2.39. The quantitative estimate of drug-likeness (QED) is 0.721. The zero-order chi connectivity index (χ0) is 19.4. The van der Waals surface area contributed by atoms with E-state index in [4.69, 9.17) is 5.73 Å². The molecule has 2 atom stereocenters. The van der Waals surface area contributed by atoms with E-state index in [1.807, 2.05) is 0 Å². The molecule has 2 aliphatic carbocycles. The predicted octanol–water partition coefficient (Wildman–Crippen LogP) is 3.60. The predicted molar refractivity (Wildman–Crippen MR) is 114 cm³/mol. The number of hydrogen-bond donors (Lipinski definition) is 2. The standard InChI is InChI=1S/C24H37N3O/c25-16-22-12-11-21(27(22)17-19-9-10-19)15-23(28)26-18-24(13-5-2-6-14-24)20-7-3-1-4-8-20/h1,3-4,7-8,19,21-22H,2,5-6,9-18,25H2,(H,26,28)/t21-,22+/m0/s1. The second-order valence-corrected chi connectivity index (χ2v) is 9.45. The molecule has 0 radical (unpaired) electrons. The van der Waals surface area contributed by atoms with E-state index in [0.29, 0.717) is 18.5 Å². The Hall–Kier alpha value is -1.39. The monoisotopic (exact) mass is 383 g/mol. The zero-order valence-electron chi connectivity index (χ0n) is 17.2. The van der Waals surface area contributed by atoms with E-state index < -0.39 is 0 Å². The van der Waals surface area contributed by atoms with Crippen molar-refractivity contribution < 1.29 is 4.79 Å². The number of amides is 1. The van der Waals surface area contributed by atoms with Gasteiger partial charge in [0.25, 0.3) is 0 Å². The van der Waals surface area contributed by atoms with E-state index in [1.165, 1.54) is 50.5 Å². The van der Waals surface area contributed by atoms with Gasteiger partial charge in [-0.1, -0.05) is 49.6 Å². The maximum absolute atomic E-state index is 12.9. The molecule has 3 aliphatic rings. The van der Waals surface area contributed by atoms with E-state index >= 15 is 0 Å². The third kappa shape index (κ3) is 4.60. The third-order valence-electron chi connectivity index (χ3n) is 7.45. The molecule has 1 aliphatic heterocycles. The summed E-state index contributed by atoms with van der Waals surface area (Å²) >= 11 is 0. The molecule has 1 aromatic rings. The Kier molecular flexibility index (Phi) is 6.37. The molecule has 154 valence electrons. The number of nitrogens with two attached hydrogens (primary N) is 1. The molecular formula is C24H37N3O. The summed E-state index contributed by atoms with van der Waals surface area (Å²) in [7, 11) is 0. The van der Waals surface area contributed by atoms with Gasteiger partial charge in [0.15, 0.2) is 0 Å². The van der Waals surface area contributed by atoms with Crippen molar-refractivity contribution in [1.29, 1.82) is 0 Å². The van der Waals surface area contributed by atoms with Crippen LogP contribution in [0.5, 0.6) is 0 Å². The molecule has 28 heavy (non-hydrogen) atoms. The largest absolute Gasteiger partial charge is 0.355 e. The second kappa shape index (κ2) is 8.96. The van der Waals surface area contributed by atoms with Crippen LogP contribution in [0.1, 0.15) is 69.8 Å². The van der Waals surface area contributed by atoms with Crippen molar-refractivity contribution in [3.63, 3.8) is 0 Å². The van der Waals surface area contributed by atoms with Gasteiger partial charge in [0.1, 0.15) is 0 Å². The van der Waals surface area contributed by atoms with E-state index in [2.05, 4.69) is 40.5 Å². The van der Waals surface area contributed by atoms with Crippen LogP contribution in [0.4, 0.5) is 0 Å². The summed E-state index contributed by atoms with van der Waals surface area (Å²) < 4.78 is 0. The summed E-state index contributed by atoms with van der Waals surface area (Å²) in [4.78, 5) is 15.4. The minimum absolute atomic E-state index is 0.123. The Morgan fingerprint density at radius 1 is 1.04 bits per heavy atom. The highest BCUT2D eigenvalue weighted by atomic mass is 16.1. The normalized spacial score (nSPS) is 27.6. The van der Waals surface area contributed by atoms with Gasteiger partial charge in [0.05, 0.1) is 0 Å². The average Bonchev–Trinajstić information content (AvgIpc) is 3.49. The average molecular weight is 384 g/mol. The van der Waals surface area contributed by atoms with E-state index in [1.54, 1.807) is 0 Å². The van der Waals surface area contributed by atoms with Crippen LogP contribution >= 0.6 is 0 Å². The van der Waals surface area contributed by atoms with Crippen molar-refractivity contribution in [1.82, 2.24) is 10.2 Å². The molecule has 1 amide bonds. The first-order chi connectivity index (χ1) is 13.7. The van der Waals surface area contributed by atoms with Crippen molar-refractivity contribution in [2.24, 2.45) is 11.7 Å². The van der Waals surface area contributed by atoms with Gasteiger partial charge in [0.2, 0.25) is 5.91 Å². The SMILES string of the molecule is NC[C@H]1CC[C@@H](CC(=O)NCC2(c3ccccc3)CCCCC2)N1CC1CC1. The zero-order valence-corrected chi connectivity index (χ0v) is 17.2. The fourth-order valence-electron chi connectivity index (χ4n) is 5.53. The number of hydrogen-bond acceptors (Lipinski definition) is 3. The molecule has 0 unspecified atom stereocenters. The Balaban J connectivity index is 1.36. The lowest BCUT2D eigenvalue weighted by Crippen LogP contribution is -2.46. The molecule has 0 spiro atoms. The summed E-state index contributed by atoms with van der Waals surface area (Å²) in [6.45, 7) is 2.65. The Labute approximate surface area is 170 Å². The second-order valence-electron chi connectivity index (χ2n) is 9.45. The summed E-state index contributed by atoms with van der Waals surface area (Å²) in [5.74, 6) is 1.07. The number of rotatable bonds is 8. The van der Waals surface area contributed by atoms with E-state index in [-0.39, 0.29) is 11.3 Å². The van der Waals surface area contributed by atoms with Crippen molar-refractivity contribution in [3.05, 3.63) is 35.9 Å². The van der Waals surface area contributed by atoms with Gasteiger partial charge >= 0.3 is 0 Å². The number of carbonyl (C=O) groups excluding carboxylic acids is 1. The molecule has 3 N–H and O–H groups in total. The topological polar surface area (TPSA) is 58.4 Å². The number of benzene rings is 1. The molecular weight excluding hydrogens is 346 g/mol. The first kappa shape index (κ1) is 19.9. The molecule has 3 fully saturated rings. The Morgan fingerprint density at radius 2 is 1.75 bits per heavy atom. The van der Waals surface area contributed by atoms with E-state index in [9.17, 15) is 4.79 Å². The smallest absolute Gasteiger partial charge is 0.221 e. The molecule has 4 nitrogen and oxygen atoms in total. The minimum atomic E-state index is 0.123. The van der Waals surface area contributed by atoms with Gasteiger partial charge in [-0.2, -0.15) is 0 Å². The molecule has 1 saturated heterocycles. The molecule has 0 bridgehead atoms.